The van der Waals surface area contributed by atoms with Gasteiger partial charge in [0.1, 0.15) is 0 Å². The lowest BCUT2D eigenvalue weighted by molar-refractivity contribution is 1.59. The van der Waals surface area contributed by atoms with E-state index in [1.807, 2.05) is 0 Å². The molecule has 0 fully saturated rings. The van der Waals surface area contributed by atoms with Gasteiger partial charge in [0.25, 0.3) is 0 Å². The largest absolute Gasteiger partial charge is 0.0622 e. The van der Waals surface area contributed by atoms with Gasteiger partial charge < -0.3 is 0 Å². The standard InChI is InChI=1S/C52H34/c1-5-17-35(18-6-1)39-25-13-15-27-41(39)49-33-47(37-21-9-3-10-22-37)43-30-32-46-50(42-28-16-14-26-40(42)36-19-7-2-8-20-36)34-48(38-23-11-4-12-24-38)44-29-31-45(49)51(43)52(44)46/h1-34H. The molecule has 242 valence electrons. The molecule has 0 saturated heterocycles. The summed E-state index contributed by atoms with van der Waals surface area (Å²) in [5.74, 6) is 0. The third-order valence-electron chi connectivity index (χ3n) is 10.7. The molecular formula is C52H34. The van der Waals surface area contributed by atoms with E-state index in [0.29, 0.717) is 0 Å². The van der Waals surface area contributed by atoms with E-state index < -0.39 is 0 Å². The van der Waals surface area contributed by atoms with Gasteiger partial charge in [-0.1, -0.05) is 194 Å². The zero-order valence-electron chi connectivity index (χ0n) is 28.6. The monoisotopic (exact) mass is 658 g/mol. The van der Waals surface area contributed by atoms with Crippen LogP contribution in [0.15, 0.2) is 206 Å². The van der Waals surface area contributed by atoms with Gasteiger partial charge in [0.15, 0.2) is 0 Å². The predicted molar refractivity (Wildman–Crippen MR) is 223 cm³/mol. The fraction of sp³-hybridized carbons (Fsp3) is 0. The van der Waals surface area contributed by atoms with Crippen LogP contribution in [0.25, 0.3) is 99.1 Å². The molecule has 0 saturated carbocycles. The van der Waals surface area contributed by atoms with E-state index in [4.69, 9.17) is 0 Å². The molecule has 0 atom stereocenters. The van der Waals surface area contributed by atoms with Crippen molar-refractivity contribution in [3.8, 4) is 66.8 Å². The van der Waals surface area contributed by atoms with Crippen LogP contribution in [0.4, 0.5) is 0 Å². The molecule has 0 aliphatic rings. The topological polar surface area (TPSA) is 0 Å². The van der Waals surface area contributed by atoms with Crippen molar-refractivity contribution < 1.29 is 0 Å². The van der Waals surface area contributed by atoms with Crippen molar-refractivity contribution in [3.63, 3.8) is 0 Å². The summed E-state index contributed by atoms with van der Waals surface area (Å²) in [6.45, 7) is 0. The van der Waals surface area contributed by atoms with Gasteiger partial charge in [-0.3, -0.25) is 0 Å². The Morgan fingerprint density at radius 1 is 0.173 bits per heavy atom. The molecule has 10 aromatic carbocycles. The van der Waals surface area contributed by atoms with Crippen LogP contribution in [0.2, 0.25) is 0 Å². The van der Waals surface area contributed by atoms with E-state index in [1.54, 1.807) is 0 Å². The highest BCUT2D eigenvalue weighted by atomic mass is 14.3. The van der Waals surface area contributed by atoms with Crippen molar-refractivity contribution in [2.24, 2.45) is 0 Å². The van der Waals surface area contributed by atoms with Crippen LogP contribution in [0.1, 0.15) is 0 Å². The highest BCUT2D eigenvalue weighted by Crippen LogP contribution is 2.50. The summed E-state index contributed by atoms with van der Waals surface area (Å²) >= 11 is 0. The van der Waals surface area contributed by atoms with E-state index >= 15 is 0 Å². The Bertz CT molecular complexity index is 2650. The Balaban J connectivity index is 1.38. The normalized spacial score (nSPS) is 11.5. The molecule has 0 aliphatic carbocycles. The van der Waals surface area contributed by atoms with Gasteiger partial charge >= 0.3 is 0 Å². The average Bonchev–Trinajstić information content (AvgIpc) is 3.23. The summed E-state index contributed by atoms with van der Waals surface area (Å²) in [5.41, 5.74) is 14.8. The lowest BCUT2D eigenvalue weighted by Crippen LogP contribution is -1.95. The quantitative estimate of drug-likeness (QED) is 0.156. The number of benzene rings is 10. The maximum absolute atomic E-state index is 2.43. The summed E-state index contributed by atoms with van der Waals surface area (Å²) in [5, 5.41) is 7.70. The van der Waals surface area contributed by atoms with Crippen molar-refractivity contribution in [1.29, 1.82) is 0 Å². The predicted octanol–water partition coefficient (Wildman–Crippen LogP) is 14.6. The SMILES string of the molecule is c1ccc(-c2ccccc2-c2cc(-c3ccccc3)c3ccc4c(-c5ccccc5-c5ccccc5)cc(-c5ccccc5)c5ccc2c3c54)cc1. The van der Waals surface area contributed by atoms with Gasteiger partial charge in [0, 0.05) is 0 Å². The first-order chi connectivity index (χ1) is 25.8. The Labute approximate surface area is 304 Å². The first-order valence-electron chi connectivity index (χ1n) is 18.0. The minimum absolute atomic E-state index is 1.22. The summed E-state index contributed by atoms with van der Waals surface area (Å²) in [7, 11) is 0. The van der Waals surface area contributed by atoms with E-state index in [2.05, 4.69) is 206 Å². The highest BCUT2D eigenvalue weighted by Gasteiger charge is 2.22. The molecule has 0 aromatic heterocycles. The Kier molecular flexibility index (Phi) is 7.25. The van der Waals surface area contributed by atoms with Crippen LogP contribution >= 0.6 is 0 Å². The van der Waals surface area contributed by atoms with E-state index in [9.17, 15) is 0 Å². The molecule has 10 rings (SSSR count). The van der Waals surface area contributed by atoms with Crippen molar-refractivity contribution in [2.75, 3.05) is 0 Å². The maximum atomic E-state index is 2.43. The molecule has 0 aliphatic heterocycles. The lowest BCUT2D eigenvalue weighted by atomic mass is 9.80. The first kappa shape index (κ1) is 30.1. The van der Waals surface area contributed by atoms with Crippen LogP contribution in [0.5, 0.6) is 0 Å². The number of hydrogen-bond acceptors (Lipinski definition) is 0. The van der Waals surface area contributed by atoms with Crippen LogP contribution in [-0.4, -0.2) is 0 Å². The van der Waals surface area contributed by atoms with Crippen molar-refractivity contribution >= 4 is 32.3 Å². The third-order valence-corrected chi connectivity index (χ3v) is 10.7. The number of hydrogen-bond donors (Lipinski definition) is 0. The summed E-state index contributed by atoms with van der Waals surface area (Å²) < 4.78 is 0. The molecule has 0 nitrogen and oxygen atoms in total. The van der Waals surface area contributed by atoms with Gasteiger partial charge in [-0.15, -0.1) is 0 Å². The molecule has 10 aromatic rings. The Morgan fingerprint density at radius 3 is 0.750 bits per heavy atom. The van der Waals surface area contributed by atoms with Crippen molar-refractivity contribution in [3.05, 3.63) is 206 Å². The number of rotatable bonds is 6. The molecule has 0 N–H and O–H groups in total. The third kappa shape index (κ3) is 4.92. The van der Waals surface area contributed by atoms with Crippen LogP contribution < -0.4 is 0 Å². The smallest absolute Gasteiger partial charge is 0.00139 e. The average molecular weight is 659 g/mol. The fourth-order valence-electron chi connectivity index (χ4n) is 8.33. The second-order valence-electron chi connectivity index (χ2n) is 13.6. The fourth-order valence-corrected chi connectivity index (χ4v) is 8.33. The molecule has 0 unspecified atom stereocenters. The highest BCUT2D eigenvalue weighted by molar-refractivity contribution is 6.32. The van der Waals surface area contributed by atoms with Gasteiger partial charge in [0.2, 0.25) is 0 Å². The zero-order valence-corrected chi connectivity index (χ0v) is 28.6. The molecule has 0 heteroatoms. The molecule has 0 radical (unpaired) electrons. The van der Waals surface area contributed by atoms with Gasteiger partial charge in [-0.05, 0) is 111 Å². The Hall–Kier alpha value is -6.76. The van der Waals surface area contributed by atoms with Crippen molar-refractivity contribution in [2.45, 2.75) is 0 Å². The summed E-state index contributed by atoms with van der Waals surface area (Å²) in [6, 6.07) is 75.5. The second-order valence-corrected chi connectivity index (χ2v) is 13.6. The summed E-state index contributed by atoms with van der Waals surface area (Å²) in [4.78, 5) is 0. The van der Waals surface area contributed by atoms with Crippen LogP contribution in [0.3, 0.4) is 0 Å². The lowest BCUT2D eigenvalue weighted by Gasteiger charge is -2.23. The molecule has 0 bridgehead atoms. The zero-order chi connectivity index (χ0) is 34.4. The molecule has 0 spiro atoms. The first-order valence-corrected chi connectivity index (χ1v) is 18.0. The van der Waals surface area contributed by atoms with Crippen LogP contribution in [0, 0.1) is 0 Å². The van der Waals surface area contributed by atoms with E-state index in [0.717, 1.165) is 0 Å². The Morgan fingerprint density at radius 2 is 0.423 bits per heavy atom. The molecule has 52 heavy (non-hydrogen) atoms. The second kappa shape index (κ2) is 12.5. The van der Waals surface area contributed by atoms with Gasteiger partial charge in [0.05, 0.1) is 0 Å². The van der Waals surface area contributed by atoms with Crippen LogP contribution in [-0.2, 0) is 0 Å². The minimum Gasteiger partial charge on any atom is -0.0622 e. The summed E-state index contributed by atoms with van der Waals surface area (Å²) in [6.07, 6.45) is 0. The van der Waals surface area contributed by atoms with Gasteiger partial charge in [-0.25, -0.2) is 0 Å². The minimum atomic E-state index is 1.22. The molecule has 0 heterocycles. The van der Waals surface area contributed by atoms with E-state index in [-0.39, 0.29) is 0 Å². The van der Waals surface area contributed by atoms with Crippen molar-refractivity contribution in [1.82, 2.24) is 0 Å². The maximum Gasteiger partial charge on any atom is -0.00139 e. The molecular weight excluding hydrogens is 625 g/mol. The molecule has 0 amide bonds. The van der Waals surface area contributed by atoms with Gasteiger partial charge in [-0.2, -0.15) is 0 Å². The van der Waals surface area contributed by atoms with E-state index in [1.165, 1.54) is 99.1 Å².